The molecule has 0 unspecified atom stereocenters. The van der Waals surface area contributed by atoms with Gasteiger partial charge in [-0.3, -0.25) is 5.10 Å². The van der Waals surface area contributed by atoms with Crippen molar-refractivity contribution in [3.8, 4) is 11.5 Å². The number of fused-ring (bicyclic) bond motifs is 1. The Kier molecular flexibility index (Phi) is 4.37. The van der Waals surface area contributed by atoms with Crippen molar-refractivity contribution in [1.82, 2.24) is 25.1 Å². The van der Waals surface area contributed by atoms with Crippen molar-refractivity contribution in [2.45, 2.75) is 6.18 Å². The van der Waals surface area contributed by atoms with Crippen LogP contribution in [-0.4, -0.2) is 25.1 Å². The number of H-pyrrole nitrogens is 1. The molecule has 3 aromatic heterocycles. The molecule has 0 fully saturated rings. The number of benzene rings is 1. The minimum Gasteiger partial charge on any atom is -0.453 e. The summed E-state index contributed by atoms with van der Waals surface area (Å²) in [5.74, 6) is -1.30. The molecule has 0 spiro atoms. The quantitative estimate of drug-likeness (QED) is 0.439. The third-order valence-electron chi connectivity index (χ3n) is 3.77. The molecule has 0 aliphatic rings. The highest BCUT2D eigenvalue weighted by Gasteiger charge is 2.33. The highest BCUT2D eigenvalue weighted by Crippen LogP contribution is 2.32. The van der Waals surface area contributed by atoms with Crippen LogP contribution in [0.25, 0.3) is 11.0 Å². The zero-order chi connectivity index (χ0) is 20.6. The van der Waals surface area contributed by atoms with E-state index in [0.29, 0.717) is 22.8 Å². The van der Waals surface area contributed by atoms with Gasteiger partial charge in [0.2, 0.25) is 5.95 Å². The van der Waals surface area contributed by atoms with E-state index in [2.05, 4.69) is 30.5 Å². The Morgan fingerprint density at radius 1 is 1.07 bits per heavy atom. The van der Waals surface area contributed by atoms with E-state index in [-0.39, 0.29) is 17.3 Å². The molecular formula is C17H11F4N7O. The predicted octanol–water partition coefficient (Wildman–Crippen LogP) is 4.02. The van der Waals surface area contributed by atoms with Gasteiger partial charge in [0.1, 0.15) is 11.6 Å². The molecule has 4 aromatic rings. The summed E-state index contributed by atoms with van der Waals surface area (Å²) in [6.45, 7) is 0. The number of alkyl halides is 3. The third-order valence-corrected chi connectivity index (χ3v) is 3.77. The Morgan fingerprint density at radius 3 is 2.66 bits per heavy atom. The fourth-order valence-corrected chi connectivity index (χ4v) is 2.52. The number of nitrogens with two attached hydrogens (primary N) is 1. The second-order valence-corrected chi connectivity index (χ2v) is 5.81. The number of nitrogen functional groups attached to an aromatic ring is 1. The van der Waals surface area contributed by atoms with Crippen LogP contribution in [0.3, 0.4) is 0 Å². The molecule has 12 heteroatoms. The lowest BCUT2D eigenvalue weighted by Gasteiger charge is -2.12. The molecule has 3 heterocycles. The first-order chi connectivity index (χ1) is 13.8. The summed E-state index contributed by atoms with van der Waals surface area (Å²) in [7, 11) is 0. The molecule has 0 atom stereocenters. The van der Waals surface area contributed by atoms with Crippen molar-refractivity contribution < 1.29 is 22.3 Å². The number of ether oxygens (including phenoxy) is 1. The van der Waals surface area contributed by atoms with Gasteiger partial charge >= 0.3 is 6.18 Å². The molecule has 1 aromatic carbocycles. The molecule has 0 aliphatic carbocycles. The molecule has 0 radical (unpaired) electrons. The van der Waals surface area contributed by atoms with Gasteiger partial charge in [0.05, 0.1) is 11.6 Å². The number of nitrogens with one attached hydrogen (secondary N) is 2. The molecule has 0 saturated carbocycles. The minimum atomic E-state index is -4.70. The van der Waals surface area contributed by atoms with Gasteiger partial charge in [-0.15, -0.1) is 0 Å². The number of anilines is 3. The van der Waals surface area contributed by atoms with Crippen LogP contribution in [0.4, 0.5) is 35.0 Å². The first kappa shape index (κ1) is 18.4. The number of rotatable bonds is 4. The average molecular weight is 405 g/mol. The monoisotopic (exact) mass is 405 g/mol. The molecule has 148 valence electrons. The number of hydrogen-bond donors (Lipinski definition) is 3. The fourth-order valence-electron chi connectivity index (χ4n) is 2.52. The first-order valence-electron chi connectivity index (χ1n) is 8.04. The molecule has 0 bridgehead atoms. The molecule has 4 N–H and O–H groups in total. The molecule has 29 heavy (non-hydrogen) atoms. The van der Waals surface area contributed by atoms with E-state index in [1.165, 1.54) is 24.5 Å². The zero-order valence-electron chi connectivity index (χ0n) is 14.3. The summed E-state index contributed by atoms with van der Waals surface area (Å²) in [6, 6.07) is 6.00. The van der Waals surface area contributed by atoms with Gasteiger partial charge in [-0.1, -0.05) is 0 Å². The van der Waals surface area contributed by atoms with E-state index in [4.69, 9.17) is 10.5 Å². The van der Waals surface area contributed by atoms with Crippen LogP contribution >= 0.6 is 0 Å². The lowest BCUT2D eigenvalue weighted by molar-refractivity contribution is -0.141. The molecule has 0 amide bonds. The van der Waals surface area contributed by atoms with Gasteiger partial charge in [-0.2, -0.15) is 23.3 Å². The lowest BCUT2D eigenvalue weighted by Crippen LogP contribution is -2.12. The van der Waals surface area contributed by atoms with Crippen LogP contribution in [-0.2, 0) is 6.18 Å². The van der Waals surface area contributed by atoms with Crippen LogP contribution in [0.5, 0.6) is 11.5 Å². The molecule has 0 saturated heterocycles. The number of aromatic amines is 1. The summed E-state index contributed by atoms with van der Waals surface area (Å²) >= 11 is 0. The second-order valence-electron chi connectivity index (χ2n) is 5.81. The maximum Gasteiger partial charge on any atom is 0.433 e. The Bertz CT molecular complexity index is 1190. The van der Waals surface area contributed by atoms with Crippen LogP contribution in [0.2, 0.25) is 0 Å². The minimum absolute atomic E-state index is 0.0950. The van der Waals surface area contributed by atoms with Crippen molar-refractivity contribution in [3.63, 3.8) is 0 Å². The second kappa shape index (κ2) is 6.89. The summed E-state index contributed by atoms with van der Waals surface area (Å²) in [6.07, 6.45) is -1.73. The Hall–Kier alpha value is -3.96. The smallest absolute Gasteiger partial charge is 0.433 e. The molecule has 4 rings (SSSR count). The van der Waals surface area contributed by atoms with Crippen molar-refractivity contribution in [3.05, 3.63) is 54.2 Å². The lowest BCUT2D eigenvalue weighted by atomic mass is 10.2. The van der Waals surface area contributed by atoms with Crippen LogP contribution in [0, 0.1) is 5.82 Å². The van der Waals surface area contributed by atoms with Gasteiger partial charge in [-0.05, 0) is 18.2 Å². The van der Waals surface area contributed by atoms with E-state index >= 15 is 0 Å². The summed E-state index contributed by atoms with van der Waals surface area (Å²) in [5, 5.41) is 9.64. The summed E-state index contributed by atoms with van der Waals surface area (Å²) in [5.41, 5.74) is 4.72. The van der Waals surface area contributed by atoms with Gasteiger partial charge < -0.3 is 15.8 Å². The topological polar surface area (TPSA) is 115 Å². The predicted molar refractivity (Wildman–Crippen MR) is 95.1 cm³/mol. The van der Waals surface area contributed by atoms with Crippen molar-refractivity contribution in [2.75, 3.05) is 11.1 Å². The van der Waals surface area contributed by atoms with E-state index < -0.39 is 23.6 Å². The molecule has 8 nitrogen and oxygen atoms in total. The maximum absolute atomic E-state index is 14.5. The average Bonchev–Trinajstić information content (AvgIpc) is 3.12. The zero-order valence-corrected chi connectivity index (χ0v) is 14.3. The third kappa shape index (κ3) is 3.85. The van der Waals surface area contributed by atoms with E-state index in [1.807, 2.05) is 0 Å². The number of halogens is 4. The largest absolute Gasteiger partial charge is 0.453 e. The van der Waals surface area contributed by atoms with Gasteiger partial charge in [0, 0.05) is 24.0 Å². The molecular weight excluding hydrogens is 394 g/mol. The standard InChI is InChI=1S/C17H11F4N7O/c18-10-5-8(25-14-6-13(17(19,20)21)26-16(22)27-14)1-2-12(10)29-11-3-4-23-15-9(11)7-24-28-15/h1-7H,(H,23,24,28)(H3,22,25,26,27). The van der Waals surface area contributed by atoms with Gasteiger partial charge in [-0.25, -0.2) is 14.4 Å². The van der Waals surface area contributed by atoms with E-state index in [0.717, 1.165) is 6.07 Å². The van der Waals surface area contributed by atoms with Crippen molar-refractivity contribution >= 4 is 28.5 Å². The fraction of sp³-hybridized carbons (Fsp3) is 0.0588. The van der Waals surface area contributed by atoms with Crippen LogP contribution < -0.4 is 15.8 Å². The number of pyridine rings is 1. The Morgan fingerprint density at radius 2 is 1.90 bits per heavy atom. The maximum atomic E-state index is 14.5. The molecule has 0 aliphatic heterocycles. The Balaban J connectivity index is 1.58. The summed E-state index contributed by atoms with van der Waals surface area (Å²) < 4.78 is 58.6. The van der Waals surface area contributed by atoms with E-state index in [9.17, 15) is 17.6 Å². The number of nitrogens with zero attached hydrogens (tertiary/aromatic N) is 4. The summed E-state index contributed by atoms with van der Waals surface area (Å²) in [4.78, 5) is 10.9. The number of aromatic nitrogens is 5. The number of hydrogen-bond acceptors (Lipinski definition) is 7. The van der Waals surface area contributed by atoms with Gasteiger partial charge in [0.25, 0.3) is 0 Å². The highest BCUT2D eigenvalue weighted by atomic mass is 19.4. The highest BCUT2D eigenvalue weighted by molar-refractivity contribution is 5.81. The SMILES string of the molecule is Nc1nc(Nc2ccc(Oc3ccnc4[nH]ncc34)c(F)c2)cc(C(F)(F)F)n1. The van der Waals surface area contributed by atoms with Gasteiger partial charge in [0.15, 0.2) is 22.9 Å². The first-order valence-corrected chi connectivity index (χ1v) is 8.04. The van der Waals surface area contributed by atoms with Crippen molar-refractivity contribution in [1.29, 1.82) is 0 Å². The Labute approximate surface area is 159 Å². The normalized spacial score (nSPS) is 11.6. The van der Waals surface area contributed by atoms with E-state index in [1.54, 1.807) is 6.07 Å². The van der Waals surface area contributed by atoms with Crippen LogP contribution in [0.15, 0.2) is 42.7 Å². The van der Waals surface area contributed by atoms with Crippen molar-refractivity contribution in [2.24, 2.45) is 0 Å². The van der Waals surface area contributed by atoms with Crippen LogP contribution in [0.1, 0.15) is 5.69 Å².